The van der Waals surface area contributed by atoms with Crippen LogP contribution in [-0.2, 0) is 9.53 Å². The predicted molar refractivity (Wildman–Crippen MR) is 68.8 cm³/mol. The average molecular weight is 268 g/mol. The number of amides is 2. The molecule has 0 radical (unpaired) electrons. The molecule has 0 aromatic rings. The third kappa shape index (κ3) is 3.47. The van der Waals surface area contributed by atoms with Crippen LogP contribution in [0.15, 0.2) is 12.2 Å². The molecule has 2 aliphatic rings. The number of carboxylic acid groups (broad SMARTS) is 1. The van der Waals surface area contributed by atoms with Crippen molar-refractivity contribution in [3.8, 4) is 0 Å². The lowest BCUT2D eigenvalue weighted by molar-refractivity contribution is -0.140. The van der Waals surface area contributed by atoms with Crippen LogP contribution in [0, 0.1) is 5.92 Å². The van der Waals surface area contributed by atoms with Crippen LogP contribution in [-0.4, -0.2) is 53.3 Å². The summed E-state index contributed by atoms with van der Waals surface area (Å²) in [4.78, 5) is 24.6. The number of rotatable bonds is 2. The molecule has 2 rings (SSSR count). The number of carboxylic acids is 1. The van der Waals surface area contributed by atoms with E-state index in [4.69, 9.17) is 9.84 Å². The summed E-state index contributed by atoms with van der Waals surface area (Å²) < 4.78 is 5.55. The number of carbonyl (C=O) groups is 2. The van der Waals surface area contributed by atoms with E-state index in [0.717, 1.165) is 0 Å². The second-order valence-electron chi connectivity index (χ2n) is 5.65. The van der Waals surface area contributed by atoms with E-state index < -0.39 is 11.9 Å². The van der Waals surface area contributed by atoms with Crippen molar-refractivity contribution in [3.63, 3.8) is 0 Å². The van der Waals surface area contributed by atoms with Gasteiger partial charge in [-0.2, -0.15) is 0 Å². The number of carbonyl (C=O) groups excluding carboxylic acids is 1. The first-order valence-electron chi connectivity index (χ1n) is 6.48. The Balaban J connectivity index is 1.85. The van der Waals surface area contributed by atoms with Crippen LogP contribution >= 0.6 is 0 Å². The van der Waals surface area contributed by atoms with Gasteiger partial charge in [0.2, 0.25) is 0 Å². The summed E-state index contributed by atoms with van der Waals surface area (Å²) >= 11 is 0. The summed E-state index contributed by atoms with van der Waals surface area (Å²) in [5.74, 6) is -1.34. The van der Waals surface area contributed by atoms with Gasteiger partial charge in [0.05, 0.1) is 30.7 Å². The van der Waals surface area contributed by atoms with E-state index in [1.807, 2.05) is 13.8 Å². The van der Waals surface area contributed by atoms with Crippen LogP contribution < -0.4 is 5.32 Å². The minimum atomic E-state index is -0.847. The third-order valence-electron chi connectivity index (χ3n) is 3.42. The molecule has 2 N–H and O–H groups in total. The molecule has 6 nitrogen and oxygen atoms in total. The van der Waals surface area contributed by atoms with Crippen LogP contribution in [0.3, 0.4) is 0 Å². The molecule has 2 amide bonds. The van der Waals surface area contributed by atoms with Gasteiger partial charge in [0.1, 0.15) is 0 Å². The van der Waals surface area contributed by atoms with E-state index in [0.29, 0.717) is 26.1 Å². The summed E-state index contributed by atoms with van der Waals surface area (Å²) in [6, 6.07) is -0.350. The molecule has 0 bridgehead atoms. The van der Waals surface area contributed by atoms with Crippen molar-refractivity contribution in [2.75, 3.05) is 19.7 Å². The fourth-order valence-corrected chi connectivity index (χ4v) is 2.43. The number of aliphatic carboxylic acids is 1. The van der Waals surface area contributed by atoms with Crippen molar-refractivity contribution in [1.82, 2.24) is 10.2 Å². The Labute approximate surface area is 112 Å². The molecule has 106 valence electrons. The Kier molecular flexibility index (Phi) is 3.80. The fourth-order valence-electron chi connectivity index (χ4n) is 2.43. The van der Waals surface area contributed by atoms with Crippen LogP contribution in [0.4, 0.5) is 4.79 Å². The van der Waals surface area contributed by atoms with Gasteiger partial charge >= 0.3 is 12.0 Å². The molecular weight excluding hydrogens is 248 g/mol. The molecular formula is C13H20N2O4. The predicted octanol–water partition coefficient (Wildman–Crippen LogP) is 0.836. The molecule has 1 aliphatic carbocycles. The summed E-state index contributed by atoms with van der Waals surface area (Å²) in [6.45, 7) is 5.52. The second kappa shape index (κ2) is 5.21. The molecule has 6 heteroatoms. The highest BCUT2D eigenvalue weighted by molar-refractivity contribution is 5.76. The second-order valence-corrected chi connectivity index (χ2v) is 5.65. The van der Waals surface area contributed by atoms with E-state index in [9.17, 15) is 9.59 Å². The van der Waals surface area contributed by atoms with Crippen LogP contribution in [0.1, 0.15) is 20.3 Å². The minimum Gasteiger partial charge on any atom is -0.481 e. The standard InChI is InChI=1S/C13H20N2O4/c1-13(2)8-15(5-6-19-13)12(18)14-10-4-3-9(7-10)11(16)17/h3-4,9-10H,5-8H2,1-2H3,(H,14,18)(H,16,17). The zero-order valence-electron chi connectivity index (χ0n) is 11.3. The Bertz CT molecular complexity index is 405. The monoisotopic (exact) mass is 268 g/mol. The molecule has 0 aromatic heterocycles. The third-order valence-corrected chi connectivity index (χ3v) is 3.42. The highest BCUT2D eigenvalue weighted by Gasteiger charge is 2.32. The van der Waals surface area contributed by atoms with E-state index in [2.05, 4.69) is 5.32 Å². The van der Waals surface area contributed by atoms with E-state index >= 15 is 0 Å². The first kappa shape index (κ1) is 13.9. The zero-order valence-corrected chi connectivity index (χ0v) is 11.3. The molecule has 1 aliphatic heterocycles. The van der Waals surface area contributed by atoms with E-state index in [1.54, 1.807) is 17.1 Å². The highest BCUT2D eigenvalue weighted by atomic mass is 16.5. The highest BCUT2D eigenvalue weighted by Crippen LogP contribution is 2.20. The number of nitrogens with one attached hydrogen (secondary N) is 1. The molecule has 0 spiro atoms. The van der Waals surface area contributed by atoms with Gasteiger partial charge in [-0.3, -0.25) is 4.79 Å². The number of urea groups is 1. The quantitative estimate of drug-likeness (QED) is 0.727. The van der Waals surface area contributed by atoms with Gasteiger partial charge in [0, 0.05) is 6.54 Å². The summed E-state index contributed by atoms with van der Waals surface area (Å²) in [6.07, 6.45) is 3.81. The van der Waals surface area contributed by atoms with Gasteiger partial charge in [-0.1, -0.05) is 12.2 Å². The lowest BCUT2D eigenvalue weighted by Gasteiger charge is -2.38. The largest absolute Gasteiger partial charge is 0.481 e. The van der Waals surface area contributed by atoms with E-state index in [1.165, 1.54) is 0 Å². The molecule has 19 heavy (non-hydrogen) atoms. The van der Waals surface area contributed by atoms with Gasteiger partial charge in [0.25, 0.3) is 0 Å². The minimum absolute atomic E-state index is 0.155. The van der Waals surface area contributed by atoms with Gasteiger partial charge < -0.3 is 20.1 Å². The molecule has 1 saturated heterocycles. The lowest BCUT2D eigenvalue weighted by Crippen LogP contribution is -2.54. The van der Waals surface area contributed by atoms with Gasteiger partial charge in [-0.25, -0.2) is 4.79 Å². The number of hydrogen-bond donors (Lipinski definition) is 2. The maximum Gasteiger partial charge on any atom is 0.318 e. The van der Waals surface area contributed by atoms with Crippen molar-refractivity contribution >= 4 is 12.0 Å². The normalized spacial score (nSPS) is 29.3. The van der Waals surface area contributed by atoms with Crippen LogP contribution in [0.25, 0.3) is 0 Å². The molecule has 0 saturated carbocycles. The van der Waals surface area contributed by atoms with Crippen molar-refractivity contribution in [3.05, 3.63) is 12.2 Å². The van der Waals surface area contributed by atoms with Gasteiger partial charge in [-0.05, 0) is 20.3 Å². The Morgan fingerprint density at radius 2 is 2.16 bits per heavy atom. The zero-order chi connectivity index (χ0) is 14.0. The molecule has 1 heterocycles. The van der Waals surface area contributed by atoms with Crippen LogP contribution in [0.2, 0.25) is 0 Å². The van der Waals surface area contributed by atoms with Crippen molar-refractivity contribution in [2.45, 2.75) is 31.9 Å². The topological polar surface area (TPSA) is 78.9 Å². The summed E-state index contributed by atoms with van der Waals surface area (Å²) in [5, 5.41) is 11.7. The maximum absolute atomic E-state index is 12.1. The molecule has 1 fully saturated rings. The number of hydrogen-bond acceptors (Lipinski definition) is 3. The first-order valence-corrected chi connectivity index (χ1v) is 6.48. The smallest absolute Gasteiger partial charge is 0.318 e. The van der Waals surface area contributed by atoms with Gasteiger partial charge in [-0.15, -0.1) is 0 Å². The van der Waals surface area contributed by atoms with Crippen molar-refractivity contribution < 1.29 is 19.4 Å². The average Bonchev–Trinajstić information content (AvgIpc) is 2.76. The SMILES string of the molecule is CC1(C)CN(C(=O)NC2C=CC(C(=O)O)C2)CCO1. The molecule has 0 aromatic carbocycles. The fraction of sp³-hybridized carbons (Fsp3) is 0.692. The Morgan fingerprint density at radius 1 is 1.42 bits per heavy atom. The summed E-state index contributed by atoms with van der Waals surface area (Å²) in [5.41, 5.74) is -0.329. The van der Waals surface area contributed by atoms with Crippen molar-refractivity contribution in [1.29, 1.82) is 0 Å². The molecule has 2 unspecified atom stereocenters. The number of morpholine rings is 1. The Morgan fingerprint density at radius 3 is 2.74 bits per heavy atom. The molecule has 2 atom stereocenters. The van der Waals surface area contributed by atoms with Crippen molar-refractivity contribution in [2.24, 2.45) is 5.92 Å². The lowest BCUT2D eigenvalue weighted by atomic mass is 10.1. The first-order chi connectivity index (χ1) is 8.87. The number of ether oxygens (including phenoxy) is 1. The maximum atomic E-state index is 12.1. The van der Waals surface area contributed by atoms with Crippen LogP contribution in [0.5, 0.6) is 0 Å². The van der Waals surface area contributed by atoms with E-state index in [-0.39, 0.29) is 17.7 Å². The Hall–Kier alpha value is -1.56. The summed E-state index contributed by atoms with van der Waals surface area (Å²) in [7, 11) is 0. The number of nitrogens with zero attached hydrogens (tertiary/aromatic N) is 1. The van der Waals surface area contributed by atoms with Gasteiger partial charge in [0.15, 0.2) is 0 Å².